The lowest BCUT2D eigenvalue weighted by molar-refractivity contribution is -0.0881. The SMILES string of the molecule is O=C1O[C@]2(CN3CCC2CC3)CN1c1ncc(-c2ccncc2)o1. The van der Waals surface area contributed by atoms with Crippen molar-refractivity contribution in [3.8, 4) is 11.3 Å². The summed E-state index contributed by atoms with van der Waals surface area (Å²) in [6.45, 7) is 3.55. The van der Waals surface area contributed by atoms with E-state index in [2.05, 4.69) is 14.9 Å². The summed E-state index contributed by atoms with van der Waals surface area (Å²) in [5.74, 6) is 1.06. The average molecular weight is 326 g/mol. The van der Waals surface area contributed by atoms with Gasteiger partial charge >= 0.3 is 12.1 Å². The highest BCUT2D eigenvalue weighted by molar-refractivity contribution is 5.88. The smallest absolute Gasteiger partial charge is 0.418 e. The van der Waals surface area contributed by atoms with Gasteiger partial charge in [0.05, 0.1) is 12.7 Å². The van der Waals surface area contributed by atoms with Crippen molar-refractivity contribution in [1.82, 2.24) is 14.9 Å². The van der Waals surface area contributed by atoms with E-state index in [-0.39, 0.29) is 6.09 Å². The van der Waals surface area contributed by atoms with E-state index in [9.17, 15) is 4.79 Å². The summed E-state index contributed by atoms with van der Waals surface area (Å²) in [4.78, 5) is 24.6. The minimum Gasteiger partial charge on any atom is -0.439 e. The number of piperidine rings is 3. The highest BCUT2D eigenvalue weighted by Gasteiger charge is 2.56. The fourth-order valence-corrected chi connectivity index (χ4v) is 4.20. The van der Waals surface area contributed by atoms with Crippen LogP contribution < -0.4 is 4.90 Å². The molecule has 2 aromatic rings. The zero-order chi connectivity index (χ0) is 16.1. The summed E-state index contributed by atoms with van der Waals surface area (Å²) in [5, 5.41) is 0. The molecule has 0 radical (unpaired) electrons. The Balaban J connectivity index is 1.42. The second kappa shape index (κ2) is 5.04. The molecule has 0 aliphatic carbocycles. The van der Waals surface area contributed by atoms with Crippen molar-refractivity contribution in [2.24, 2.45) is 5.92 Å². The largest absolute Gasteiger partial charge is 0.439 e. The molecule has 1 spiro atoms. The Kier molecular flexibility index (Phi) is 2.94. The molecule has 0 aromatic carbocycles. The van der Waals surface area contributed by atoms with Crippen molar-refractivity contribution < 1.29 is 13.9 Å². The quantitative estimate of drug-likeness (QED) is 0.842. The molecule has 0 N–H and O–H groups in total. The Hall–Kier alpha value is -2.41. The number of oxazole rings is 1. The van der Waals surface area contributed by atoms with E-state index in [4.69, 9.17) is 9.15 Å². The van der Waals surface area contributed by atoms with Gasteiger partial charge in [0.15, 0.2) is 5.76 Å². The number of rotatable bonds is 2. The maximum Gasteiger partial charge on any atom is 0.418 e. The van der Waals surface area contributed by atoms with Crippen molar-refractivity contribution >= 4 is 12.1 Å². The van der Waals surface area contributed by atoms with Crippen LogP contribution >= 0.6 is 0 Å². The van der Waals surface area contributed by atoms with Gasteiger partial charge in [-0.05, 0) is 38.1 Å². The molecule has 2 bridgehead atoms. The molecule has 2 aromatic heterocycles. The number of pyridine rings is 1. The van der Waals surface area contributed by atoms with Gasteiger partial charge in [0, 0.05) is 30.4 Å². The van der Waals surface area contributed by atoms with E-state index < -0.39 is 5.60 Å². The lowest BCUT2D eigenvalue weighted by Gasteiger charge is -2.49. The topological polar surface area (TPSA) is 71.7 Å². The molecule has 0 saturated carbocycles. The first-order valence-corrected chi connectivity index (χ1v) is 8.33. The van der Waals surface area contributed by atoms with Crippen LogP contribution in [0.25, 0.3) is 11.3 Å². The maximum absolute atomic E-state index is 12.4. The van der Waals surface area contributed by atoms with Gasteiger partial charge in [0.2, 0.25) is 0 Å². The molecule has 0 unspecified atom stereocenters. The molecular formula is C17H18N4O3. The minimum atomic E-state index is -0.404. The summed E-state index contributed by atoms with van der Waals surface area (Å²) < 4.78 is 11.7. The van der Waals surface area contributed by atoms with Crippen LogP contribution in [0.3, 0.4) is 0 Å². The molecule has 4 saturated heterocycles. The Labute approximate surface area is 139 Å². The molecule has 7 nitrogen and oxygen atoms in total. The first kappa shape index (κ1) is 14.0. The summed E-state index contributed by atoms with van der Waals surface area (Å²) >= 11 is 0. The third-order valence-corrected chi connectivity index (χ3v) is 5.45. The second-order valence-electron chi connectivity index (χ2n) is 6.81. The summed E-state index contributed by atoms with van der Waals surface area (Å²) in [6, 6.07) is 4.00. The number of ether oxygens (including phenoxy) is 1. The molecule has 1 amide bonds. The predicted octanol–water partition coefficient (Wildman–Crippen LogP) is 2.16. The number of aromatic nitrogens is 2. The van der Waals surface area contributed by atoms with Crippen molar-refractivity contribution in [2.75, 3.05) is 31.1 Å². The summed E-state index contributed by atoms with van der Waals surface area (Å²) in [5.41, 5.74) is 0.479. The first-order valence-electron chi connectivity index (χ1n) is 8.33. The summed E-state index contributed by atoms with van der Waals surface area (Å²) in [7, 11) is 0. The molecule has 4 aliphatic rings. The van der Waals surface area contributed by atoms with Crippen molar-refractivity contribution in [3.63, 3.8) is 0 Å². The predicted molar refractivity (Wildman–Crippen MR) is 85.5 cm³/mol. The van der Waals surface area contributed by atoms with Crippen LogP contribution in [0.5, 0.6) is 0 Å². The van der Waals surface area contributed by atoms with Crippen LogP contribution in [0.4, 0.5) is 10.8 Å². The molecule has 24 heavy (non-hydrogen) atoms. The van der Waals surface area contributed by atoms with Crippen LogP contribution in [-0.4, -0.2) is 52.7 Å². The molecule has 6 rings (SSSR count). The number of fused-ring (bicyclic) bond motifs is 2. The lowest BCUT2D eigenvalue weighted by Crippen LogP contribution is -2.61. The number of hydrogen-bond donors (Lipinski definition) is 0. The lowest BCUT2D eigenvalue weighted by atomic mass is 9.75. The zero-order valence-corrected chi connectivity index (χ0v) is 13.2. The molecule has 6 heterocycles. The van der Waals surface area contributed by atoms with Gasteiger partial charge in [-0.2, -0.15) is 0 Å². The maximum atomic E-state index is 12.4. The average Bonchev–Trinajstić information content (AvgIpc) is 3.22. The van der Waals surface area contributed by atoms with Gasteiger partial charge in [-0.3, -0.25) is 9.88 Å². The molecule has 4 fully saturated rings. The standard InChI is InChI=1S/C17H18N4O3/c22-16-21(11-17(24-16)10-20-7-3-13(17)4-8-20)15-19-9-14(23-15)12-1-5-18-6-2-12/h1-2,5-6,9,13H,3-4,7-8,10-11H2/t17-/m1/s1. The first-order chi connectivity index (χ1) is 11.7. The minimum absolute atomic E-state index is 0.306. The van der Waals surface area contributed by atoms with Crippen molar-refractivity contribution in [3.05, 3.63) is 30.7 Å². The van der Waals surface area contributed by atoms with Gasteiger partial charge < -0.3 is 9.15 Å². The van der Waals surface area contributed by atoms with Crippen LogP contribution in [0.15, 0.2) is 35.1 Å². The highest BCUT2D eigenvalue weighted by Crippen LogP contribution is 2.43. The van der Waals surface area contributed by atoms with Gasteiger partial charge in [-0.25, -0.2) is 14.7 Å². The van der Waals surface area contributed by atoms with E-state index in [1.807, 2.05) is 12.1 Å². The van der Waals surface area contributed by atoms with E-state index >= 15 is 0 Å². The third kappa shape index (κ3) is 2.04. The van der Waals surface area contributed by atoms with Gasteiger partial charge in [-0.15, -0.1) is 0 Å². The Morgan fingerprint density at radius 2 is 1.96 bits per heavy atom. The fourth-order valence-electron chi connectivity index (χ4n) is 4.20. The summed E-state index contributed by atoms with van der Waals surface area (Å²) in [6.07, 6.45) is 6.86. The molecule has 7 heteroatoms. The number of hydrogen-bond acceptors (Lipinski definition) is 6. The number of carbonyl (C=O) groups is 1. The fraction of sp³-hybridized carbons (Fsp3) is 0.471. The van der Waals surface area contributed by atoms with Crippen LogP contribution in [-0.2, 0) is 4.74 Å². The Bertz CT molecular complexity index is 769. The molecular weight excluding hydrogens is 308 g/mol. The zero-order valence-electron chi connectivity index (χ0n) is 13.2. The second-order valence-corrected chi connectivity index (χ2v) is 6.81. The van der Waals surface area contributed by atoms with E-state index in [0.29, 0.717) is 24.2 Å². The Morgan fingerprint density at radius 3 is 2.67 bits per heavy atom. The molecule has 4 aliphatic heterocycles. The van der Waals surface area contributed by atoms with Crippen molar-refractivity contribution in [1.29, 1.82) is 0 Å². The van der Waals surface area contributed by atoms with Crippen LogP contribution in [0, 0.1) is 5.92 Å². The Morgan fingerprint density at radius 1 is 1.17 bits per heavy atom. The van der Waals surface area contributed by atoms with Gasteiger partial charge in [0.1, 0.15) is 5.60 Å². The third-order valence-electron chi connectivity index (χ3n) is 5.45. The number of anilines is 1. The highest BCUT2D eigenvalue weighted by atomic mass is 16.6. The number of nitrogens with zero attached hydrogens (tertiary/aromatic N) is 4. The van der Waals surface area contributed by atoms with Crippen molar-refractivity contribution in [2.45, 2.75) is 18.4 Å². The molecule has 124 valence electrons. The van der Waals surface area contributed by atoms with Crippen LogP contribution in [0.1, 0.15) is 12.8 Å². The van der Waals surface area contributed by atoms with Crippen LogP contribution in [0.2, 0.25) is 0 Å². The molecule has 1 atom stereocenters. The van der Waals surface area contributed by atoms with E-state index in [1.165, 1.54) is 4.90 Å². The van der Waals surface area contributed by atoms with Gasteiger partial charge in [0.25, 0.3) is 0 Å². The van der Waals surface area contributed by atoms with E-state index in [1.54, 1.807) is 18.6 Å². The number of amides is 1. The monoisotopic (exact) mass is 326 g/mol. The van der Waals surface area contributed by atoms with Gasteiger partial charge in [-0.1, -0.05) is 0 Å². The van der Waals surface area contributed by atoms with E-state index in [0.717, 1.165) is 38.0 Å². The number of carbonyl (C=O) groups excluding carboxylic acids is 1. The normalized spacial score (nSPS) is 31.7.